The van der Waals surface area contributed by atoms with Crippen molar-refractivity contribution in [2.24, 2.45) is 0 Å². The molecule has 0 spiro atoms. The average Bonchev–Trinajstić information content (AvgIpc) is 2.70. The Kier molecular flexibility index (Phi) is 6.35. The minimum atomic E-state index is 0.0913. The van der Waals surface area contributed by atoms with Gasteiger partial charge >= 0.3 is 0 Å². The second-order valence-electron chi connectivity index (χ2n) is 6.04. The van der Waals surface area contributed by atoms with E-state index in [9.17, 15) is 5.26 Å². The van der Waals surface area contributed by atoms with Crippen LogP contribution in [-0.4, -0.2) is 17.1 Å². The van der Waals surface area contributed by atoms with Gasteiger partial charge in [0.15, 0.2) is 16.7 Å². The maximum atomic E-state index is 9.43. The molecular formula is C21H20N4O2S. The van der Waals surface area contributed by atoms with Gasteiger partial charge in [0.1, 0.15) is 29.8 Å². The molecule has 3 rings (SSSR count). The molecule has 1 heterocycles. The molecule has 0 aliphatic heterocycles. The summed E-state index contributed by atoms with van der Waals surface area (Å²) in [5.74, 6) is 2.04. The number of para-hydroxylation sites is 2. The number of aromatic nitrogens is 2. The Bertz CT molecular complexity index is 1020. The van der Waals surface area contributed by atoms with E-state index in [4.69, 9.17) is 15.2 Å². The van der Waals surface area contributed by atoms with Crippen molar-refractivity contribution in [3.8, 4) is 17.6 Å². The fourth-order valence-electron chi connectivity index (χ4n) is 2.63. The lowest BCUT2D eigenvalue weighted by atomic mass is 10.2. The quantitative estimate of drug-likeness (QED) is 0.477. The van der Waals surface area contributed by atoms with Crippen molar-refractivity contribution < 1.29 is 9.47 Å². The van der Waals surface area contributed by atoms with E-state index in [0.29, 0.717) is 28.1 Å². The van der Waals surface area contributed by atoms with Crippen molar-refractivity contribution in [2.75, 3.05) is 12.8 Å². The van der Waals surface area contributed by atoms with E-state index < -0.39 is 0 Å². The van der Waals surface area contributed by atoms with E-state index in [0.717, 1.165) is 0 Å². The third-order valence-corrected chi connectivity index (χ3v) is 4.91. The van der Waals surface area contributed by atoms with Crippen molar-refractivity contribution >= 4 is 17.6 Å². The number of methoxy groups -OCH3 is 1. The first kappa shape index (κ1) is 19.5. The topological polar surface area (TPSA) is 94.1 Å². The number of aryl methyl sites for hydroxylation is 1. The maximum absolute atomic E-state index is 9.43. The van der Waals surface area contributed by atoms with Gasteiger partial charge in [-0.2, -0.15) is 5.26 Å². The summed E-state index contributed by atoms with van der Waals surface area (Å²) in [5, 5.41) is 9.94. The predicted molar refractivity (Wildman–Crippen MR) is 109 cm³/mol. The molecule has 0 fully saturated rings. The summed E-state index contributed by atoms with van der Waals surface area (Å²) in [6.07, 6.45) is 0. The Morgan fingerprint density at radius 1 is 1.11 bits per heavy atom. The van der Waals surface area contributed by atoms with Crippen molar-refractivity contribution in [2.45, 2.75) is 24.4 Å². The van der Waals surface area contributed by atoms with Gasteiger partial charge in [-0.05, 0) is 24.6 Å². The highest BCUT2D eigenvalue weighted by Gasteiger charge is 2.14. The number of nitrogens with zero attached hydrogens (tertiary/aromatic N) is 3. The molecule has 0 radical (unpaired) electrons. The molecule has 0 unspecified atom stereocenters. The zero-order chi connectivity index (χ0) is 19.9. The summed E-state index contributed by atoms with van der Waals surface area (Å²) in [6, 6.07) is 17.6. The highest BCUT2D eigenvalue weighted by atomic mass is 32.2. The lowest BCUT2D eigenvalue weighted by molar-refractivity contribution is 0.279. The molecule has 7 heteroatoms. The second-order valence-corrected chi connectivity index (χ2v) is 6.98. The van der Waals surface area contributed by atoms with Crippen molar-refractivity contribution in [3.63, 3.8) is 0 Å². The van der Waals surface area contributed by atoms with E-state index in [1.54, 1.807) is 19.2 Å². The van der Waals surface area contributed by atoms with Gasteiger partial charge < -0.3 is 15.2 Å². The number of hydrogen-bond acceptors (Lipinski definition) is 7. The van der Waals surface area contributed by atoms with E-state index in [-0.39, 0.29) is 18.0 Å². The van der Waals surface area contributed by atoms with Crippen LogP contribution in [0.5, 0.6) is 11.5 Å². The monoisotopic (exact) mass is 392 g/mol. The normalized spacial score (nSPS) is 10.3. The van der Waals surface area contributed by atoms with Crippen molar-refractivity contribution in [1.82, 2.24) is 9.97 Å². The van der Waals surface area contributed by atoms with Gasteiger partial charge in [0.25, 0.3) is 0 Å². The summed E-state index contributed by atoms with van der Waals surface area (Å²) < 4.78 is 11.1. The fraction of sp³-hybridized carbons (Fsp3) is 0.190. The van der Waals surface area contributed by atoms with Crippen LogP contribution in [0.4, 0.5) is 5.82 Å². The Balaban J connectivity index is 1.79. The van der Waals surface area contributed by atoms with E-state index in [2.05, 4.69) is 41.2 Å². The van der Waals surface area contributed by atoms with Crippen LogP contribution in [0.15, 0.2) is 53.7 Å². The van der Waals surface area contributed by atoms with Crippen molar-refractivity contribution in [1.29, 1.82) is 5.26 Å². The number of ether oxygens (including phenoxy) is 2. The zero-order valence-electron chi connectivity index (χ0n) is 15.7. The molecule has 2 aromatic carbocycles. The average molecular weight is 392 g/mol. The second kappa shape index (κ2) is 9.11. The van der Waals surface area contributed by atoms with Gasteiger partial charge in [0, 0.05) is 5.75 Å². The molecule has 0 saturated carbocycles. The van der Waals surface area contributed by atoms with Crippen LogP contribution in [0, 0.1) is 18.3 Å². The molecule has 142 valence electrons. The first-order valence-electron chi connectivity index (χ1n) is 8.61. The first-order valence-corrected chi connectivity index (χ1v) is 9.60. The first-order chi connectivity index (χ1) is 13.6. The van der Waals surface area contributed by atoms with Crippen LogP contribution in [0.25, 0.3) is 0 Å². The van der Waals surface area contributed by atoms with Gasteiger partial charge in [0.05, 0.1) is 7.11 Å². The number of nitriles is 1. The van der Waals surface area contributed by atoms with Gasteiger partial charge in [0.2, 0.25) is 0 Å². The molecule has 0 saturated heterocycles. The minimum Gasteiger partial charge on any atom is -0.493 e. The predicted octanol–water partition coefficient (Wildman–Crippen LogP) is 4.12. The molecule has 0 amide bonds. The number of nitrogen functional groups attached to an aromatic ring is 1. The Morgan fingerprint density at radius 2 is 1.89 bits per heavy atom. The SMILES string of the molecule is COc1ccccc1OCc1nc(SCc2cccc(C)c2)nc(N)c1C#N. The molecule has 0 bridgehead atoms. The molecule has 0 aliphatic carbocycles. The molecular weight excluding hydrogens is 372 g/mol. The summed E-state index contributed by atoms with van der Waals surface area (Å²) in [6.45, 7) is 2.14. The number of benzene rings is 2. The Morgan fingerprint density at radius 3 is 2.61 bits per heavy atom. The Labute approximate surface area is 168 Å². The smallest absolute Gasteiger partial charge is 0.190 e. The summed E-state index contributed by atoms with van der Waals surface area (Å²) in [7, 11) is 1.58. The van der Waals surface area contributed by atoms with Crippen molar-refractivity contribution in [3.05, 3.63) is 70.9 Å². The molecule has 0 atom stereocenters. The summed E-state index contributed by atoms with van der Waals surface area (Å²) in [5.41, 5.74) is 9.03. The maximum Gasteiger partial charge on any atom is 0.190 e. The molecule has 0 aliphatic rings. The number of thioether (sulfide) groups is 1. The lowest BCUT2D eigenvalue weighted by Gasteiger charge is -2.12. The summed E-state index contributed by atoms with van der Waals surface area (Å²) in [4.78, 5) is 8.75. The van der Waals surface area contributed by atoms with Gasteiger partial charge in [-0.1, -0.05) is 53.7 Å². The number of rotatable bonds is 7. The van der Waals surface area contributed by atoms with Crippen LogP contribution in [-0.2, 0) is 12.4 Å². The van der Waals surface area contributed by atoms with E-state index in [1.165, 1.54) is 22.9 Å². The summed E-state index contributed by atoms with van der Waals surface area (Å²) >= 11 is 1.47. The molecule has 2 N–H and O–H groups in total. The van der Waals surface area contributed by atoms with E-state index >= 15 is 0 Å². The number of hydrogen-bond donors (Lipinski definition) is 1. The third-order valence-electron chi connectivity index (χ3n) is 3.99. The van der Waals surface area contributed by atoms with Gasteiger partial charge in [-0.15, -0.1) is 0 Å². The molecule has 28 heavy (non-hydrogen) atoms. The van der Waals surface area contributed by atoms with Crippen LogP contribution < -0.4 is 15.2 Å². The van der Waals surface area contributed by atoms with Crippen LogP contribution in [0.2, 0.25) is 0 Å². The van der Waals surface area contributed by atoms with Crippen LogP contribution in [0.1, 0.15) is 22.4 Å². The standard InChI is InChI=1S/C21H20N4O2S/c1-14-6-5-7-15(10-14)13-28-21-24-17(16(11-22)20(23)25-21)12-27-19-9-4-3-8-18(19)26-2/h3-10H,12-13H2,1-2H3,(H2,23,24,25). The van der Waals surface area contributed by atoms with E-state index in [1.807, 2.05) is 18.2 Å². The minimum absolute atomic E-state index is 0.0913. The third kappa shape index (κ3) is 4.72. The van der Waals surface area contributed by atoms with Gasteiger partial charge in [-0.3, -0.25) is 0 Å². The highest BCUT2D eigenvalue weighted by molar-refractivity contribution is 7.98. The largest absolute Gasteiger partial charge is 0.493 e. The zero-order valence-corrected chi connectivity index (χ0v) is 16.5. The van der Waals surface area contributed by atoms with Crippen LogP contribution in [0.3, 0.4) is 0 Å². The lowest BCUT2D eigenvalue weighted by Crippen LogP contribution is -2.08. The highest BCUT2D eigenvalue weighted by Crippen LogP contribution is 2.28. The molecule has 3 aromatic rings. The Hall–Kier alpha value is -3.24. The molecule has 1 aromatic heterocycles. The number of nitrogens with two attached hydrogens (primary N) is 1. The number of anilines is 1. The fourth-order valence-corrected chi connectivity index (χ4v) is 3.44. The van der Waals surface area contributed by atoms with Crippen LogP contribution >= 0.6 is 11.8 Å². The molecule has 6 nitrogen and oxygen atoms in total. The van der Waals surface area contributed by atoms with Gasteiger partial charge in [-0.25, -0.2) is 9.97 Å².